The normalized spacial score (nSPS) is 22.3. The number of piperidine rings is 1. The minimum Gasteiger partial charge on any atom is -0.476 e. The van der Waals surface area contributed by atoms with Crippen LogP contribution in [0.3, 0.4) is 0 Å². The van der Waals surface area contributed by atoms with Gasteiger partial charge in [0, 0.05) is 45.1 Å². The van der Waals surface area contributed by atoms with Gasteiger partial charge in [-0.15, -0.1) is 0 Å². The number of hydrogen-bond acceptors (Lipinski definition) is 6. The first-order valence-electron chi connectivity index (χ1n) is 14.7. The summed E-state index contributed by atoms with van der Waals surface area (Å²) in [6.45, 7) is 7.65. The van der Waals surface area contributed by atoms with Crippen LogP contribution in [0.25, 0.3) is 0 Å². The number of methoxy groups -OCH3 is 1. The first-order chi connectivity index (χ1) is 19.7. The quantitative estimate of drug-likeness (QED) is 0.427. The Morgan fingerprint density at radius 3 is 2.59 bits per heavy atom. The van der Waals surface area contributed by atoms with Gasteiger partial charge in [0.25, 0.3) is 5.91 Å². The van der Waals surface area contributed by atoms with Gasteiger partial charge in [-0.25, -0.2) is 0 Å². The lowest BCUT2D eigenvalue weighted by Crippen LogP contribution is -2.53. The topological polar surface area (TPSA) is 100 Å². The zero-order valence-corrected chi connectivity index (χ0v) is 24.5. The van der Waals surface area contributed by atoms with Gasteiger partial charge in [-0.3, -0.25) is 14.4 Å². The van der Waals surface area contributed by atoms with Gasteiger partial charge in [0.05, 0.1) is 23.6 Å². The Hall–Kier alpha value is -3.43. The molecule has 2 aromatic carbocycles. The Labute approximate surface area is 242 Å². The van der Waals surface area contributed by atoms with Gasteiger partial charge in [0.1, 0.15) is 5.75 Å². The number of nitrogens with zero attached hydrogens (tertiary/aromatic N) is 2. The Morgan fingerprint density at radius 2 is 1.88 bits per heavy atom. The molecule has 3 aliphatic rings. The molecule has 1 aliphatic carbocycles. The number of fused-ring (bicyclic) bond motifs is 1. The van der Waals surface area contributed by atoms with Crippen molar-refractivity contribution in [2.45, 2.75) is 64.1 Å². The molecule has 9 heteroatoms. The van der Waals surface area contributed by atoms with Crippen LogP contribution in [0.4, 0.5) is 11.4 Å². The zero-order chi connectivity index (χ0) is 29.1. The van der Waals surface area contributed by atoms with Crippen LogP contribution in [0.2, 0.25) is 0 Å². The molecular weight excluding hydrogens is 520 g/mol. The average Bonchev–Trinajstić information content (AvgIpc) is 3.81. The molecule has 2 aliphatic heterocycles. The van der Waals surface area contributed by atoms with E-state index >= 15 is 0 Å². The molecule has 0 bridgehead atoms. The monoisotopic (exact) mass is 562 g/mol. The van der Waals surface area contributed by atoms with Gasteiger partial charge in [0.15, 0.2) is 5.60 Å². The summed E-state index contributed by atoms with van der Waals surface area (Å²) in [5.74, 6) is -0.123. The molecule has 0 aromatic heterocycles. The lowest BCUT2D eigenvalue weighted by molar-refractivity contribution is -0.132. The molecule has 1 saturated heterocycles. The number of anilines is 2. The molecule has 1 unspecified atom stereocenters. The fraction of sp³-hybridized carbons (Fsp3) is 0.531. The van der Waals surface area contributed by atoms with Crippen LogP contribution in [0.15, 0.2) is 48.5 Å². The fourth-order valence-electron chi connectivity index (χ4n) is 5.83. The zero-order valence-electron chi connectivity index (χ0n) is 24.5. The minimum absolute atomic E-state index is 0.0166. The summed E-state index contributed by atoms with van der Waals surface area (Å²) in [6, 6.07) is 15.6. The predicted octanol–water partition coefficient (Wildman–Crippen LogP) is 3.83. The largest absolute Gasteiger partial charge is 0.476 e. The van der Waals surface area contributed by atoms with Crippen LogP contribution in [0.5, 0.6) is 5.75 Å². The molecule has 2 aromatic rings. The number of carbonyl (C=O) groups is 3. The molecule has 2 N–H and O–H groups in total. The third kappa shape index (κ3) is 6.41. The summed E-state index contributed by atoms with van der Waals surface area (Å²) in [4.78, 5) is 44.2. The molecule has 0 spiro atoms. The van der Waals surface area contributed by atoms with Gasteiger partial charge in [0.2, 0.25) is 11.8 Å². The lowest BCUT2D eigenvalue weighted by atomic mass is 9.88. The van der Waals surface area contributed by atoms with Gasteiger partial charge < -0.3 is 29.9 Å². The van der Waals surface area contributed by atoms with Crippen LogP contribution in [-0.4, -0.2) is 62.7 Å². The number of nitrogens with one attached hydrogen (secondary N) is 2. The number of ether oxygens (including phenoxy) is 2. The SMILES string of the molecule is COCCCN1C(=O)C(C)(C)Oc2ccc(N(C(=O)[C@H]3CNC[C@@H](C(=O)NC(C)c4ccccc4)C3)C3CC3)cc21. The van der Waals surface area contributed by atoms with Crippen LogP contribution < -0.4 is 25.2 Å². The second-order valence-corrected chi connectivity index (χ2v) is 11.9. The molecule has 220 valence electrons. The van der Waals surface area contributed by atoms with E-state index in [2.05, 4.69) is 10.6 Å². The van der Waals surface area contributed by atoms with E-state index in [1.165, 1.54) is 0 Å². The predicted molar refractivity (Wildman–Crippen MR) is 158 cm³/mol. The van der Waals surface area contributed by atoms with Crippen molar-refractivity contribution in [2.75, 3.05) is 43.2 Å². The molecule has 2 fully saturated rings. The number of carbonyl (C=O) groups excluding carboxylic acids is 3. The van der Waals surface area contributed by atoms with Crippen molar-refractivity contribution < 1.29 is 23.9 Å². The molecule has 41 heavy (non-hydrogen) atoms. The van der Waals surface area contributed by atoms with E-state index in [1.54, 1.807) is 25.9 Å². The van der Waals surface area contributed by atoms with E-state index in [0.29, 0.717) is 50.5 Å². The molecule has 0 radical (unpaired) electrons. The van der Waals surface area contributed by atoms with E-state index in [0.717, 1.165) is 24.1 Å². The van der Waals surface area contributed by atoms with E-state index in [4.69, 9.17) is 9.47 Å². The third-order valence-electron chi connectivity index (χ3n) is 8.25. The van der Waals surface area contributed by atoms with Crippen molar-refractivity contribution in [1.82, 2.24) is 10.6 Å². The summed E-state index contributed by atoms with van der Waals surface area (Å²) in [7, 11) is 1.65. The molecule has 5 rings (SSSR count). The van der Waals surface area contributed by atoms with Gasteiger partial charge in [-0.2, -0.15) is 0 Å². The van der Waals surface area contributed by atoms with Crippen LogP contribution in [-0.2, 0) is 19.1 Å². The second kappa shape index (κ2) is 12.2. The van der Waals surface area contributed by atoms with Gasteiger partial charge in [-0.1, -0.05) is 30.3 Å². The average molecular weight is 563 g/mol. The summed E-state index contributed by atoms with van der Waals surface area (Å²) in [6.07, 6.45) is 3.04. The summed E-state index contributed by atoms with van der Waals surface area (Å²) < 4.78 is 11.3. The Bertz CT molecular complexity index is 1260. The summed E-state index contributed by atoms with van der Waals surface area (Å²) in [5, 5.41) is 6.46. The standard InChI is InChI=1S/C32H42N4O5/c1-21(22-9-6-5-7-10-22)34-29(37)23-17-24(20-33-19-23)30(38)36(25-11-12-25)26-13-14-28-27(18-26)35(15-8-16-40-4)31(39)32(2,3)41-28/h5-7,9-10,13-14,18,21,23-25,33H,8,11-12,15-17,19-20H2,1-4H3,(H,34,37)/t21?,23-,24+/m0/s1. The Balaban J connectivity index is 1.33. The summed E-state index contributed by atoms with van der Waals surface area (Å²) in [5.41, 5.74) is 1.50. The molecule has 1 saturated carbocycles. The second-order valence-electron chi connectivity index (χ2n) is 11.9. The fourth-order valence-corrected chi connectivity index (χ4v) is 5.83. The van der Waals surface area contributed by atoms with Gasteiger partial charge in [-0.05, 0) is 70.2 Å². The van der Waals surface area contributed by atoms with Crippen LogP contribution in [0, 0.1) is 11.8 Å². The van der Waals surface area contributed by atoms with Crippen molar-refractivity contribution in [3.63, 3.8) is 0 Å². The molecule has 3 amide bonds. The maximum atomic E-state index is 14.0. The minimum atomic E-state index is -0.977. The highest BCUT2D eigenvalue weighted by Crippen LogP contribution is 2.43. The van der Waals surface area contributed by atoms with E-state index in [-0.39, 0.29) is 41.6 Å². The van der Waals surface area contributed by atoms with E-state index in [1.807, 2.05) is 60.4 Å². The maximum absolute atomic E-state index is 14.0. The molecule has 9 nitrogen and oxygen atoms in total. The number of rotatable bonds is 10. The highest BCUT2D eigenvalue weighted by Gasteiger charge is 2.43. The Morgan fingerprint density at radius 1 is 1.15 bits per heavy atom. The first kappa shape index (κ1) is 29.1. The van der Waals surface area contributed by atoms with E-state index < -0.39 is 5.60 Å². The smallest absolute Gasteiger partial charge is 0.270 e. The molecule has 2 heterocycles. The van der Waals surface area contributed by atoms with Crippen molar-refractivity contribution in [3.05, 3.63) is 54.1 Å². The number of hydrogen-bond donors (Lipinski definition) is 2. The number of amides is 3. The van der Waals surface area contributed by atoms with Crippen molar-refractivity contribution >= 4 is 29.1 Å². The summed E-state index contributed by atoms with van der Waals surface area (Å²) >= 11 is 0. The molecule has 3 atom stereocenters. The first-order valence-corrected chi connectivity index (χ1v) is 14.7. The third-order valence-corrected chi connectivity index (χ3v) is 8.25. The lowest BCUT2D eigenvalue weighted by Gasteiger charge is -2.39. The van der Waals surface area contributed by atoms with Crippen LogP contribution >= 0.6 is 0 Å². The van der Waals surface area contributed by atoms with Crippen molar-refractivity contribution in [2.24, 2.45) is 11.8 Å². The maximum Gasteiger partial charge on any atom is 0.270 e. The Kier molecular flexibility index (Phi) is 8.66. The van der Waals surface area contributed by atoms with E-state index in [9.17, 15) is 14.4 Å². The molecular formula is C32H42N4O5. The van der Waals surface area contributed by atoms with Crippen molar-refractivity contribution in [3.8, 4) is 5.75 Å². The highest BCUT2D eigenvalue weighted by molar-refractivity contribution is 6.04. The van der Waals surface area contributed by atoms with Crippen molar-refractivity contribution in [1.29, 1.82) is 0 Å². The highest BCUT2D eigenvalue weighted by atomic mass is 16.5. The number of benzene rings is 2. The van der Waals surface area contributed by atoms with Crippen LogP contribution in [0.1, 0.15) is 58.1 Å². The van der Waals surface area contributed by atoms with Gasteiger partial charge >= 0.3 is 0 Å².